The molecule has 0 amide bonds. The first-order chi connectivity index (χ1) is 10.6. The summed E-state index contributed by atoms with van der Waals surface area (Å²) >= 11 is 0. The minimum atomic E-state index is -0.371. The molecule has 0 atom stereocenters. The van der Waals surface area contributed by atoms with Gasteiger partial charge in [-0.1, -0.05) is 18.2 Å². The number of hydrogen-bond acceptors (Lipinski definition) is 3. The van der Waals surface area contributed by atoms with Crippen molar-refractivity contribution in [3.05, 3.63) is 65.0 Å². The van der Waals surface area contributed by atoms with Crippen molar-refractivity contribution in [3.63, 3.8) is 0 Å². The van der Waals surface area contributed by atoms with Gasteiger partial charge in [-0.05, 0) is 49.2 Å². The number of halogens is 1. The lowest BCUT2D eigenvalue weighted by molar-refractivity contribution is 0.242. The lowest BCUT2D eigenvalue weighted by atomic mass is 10.1. The zero-order chi connectivity index (χ0) is 15.9. The summed E-state index contributed by atoms with van der Waals surface area (Å²) in [7, 11) is 0. The van der Waals surface area contributed by atoms with Crippen molar-refractivity contribution in [2.75, 3.05) is 0 Å². The van der Waals surface area contributed by atoms with Crippen molar-refractivity contribution in [3.8, 4) is 5.75 Å². The highest BCUT2D eigenvalue weighted by molar-refractivity contribution is 5.29. The molecule has 0 unspecified atom stereocenters. The van der Waals surface area contributed by atoms with E-state index in [1.165, 1.54) is 6.07 Å². The number of rotatable bonds is 7. The number of ether oxygens (including phenoxy) is 1. The van der Waals surface area contributed by atoms with Crippen LogP contribution in [0, 0.1) is 5.82 Å². The first-order valence-electron chi connectivity index (χ1n) is 7.43. The largest absolute Gasteiger partial charge is 0.491 e. The van der Waals surface area contributed by atoms with E-state index >= 15 is 0 Å². The highest BCUT2D eigenvalue weighted by Crippen LogP contribution is 2.15. The summed E-state index contributed by atoms with van der Waals surface area (Å²) in [5, 5.41) is 12.4. The maximum Gasteiger partial charge on any atom is 0.128 e. The third-order valence-corrected chi connectivity index (χ3v) is 3.21. The number of aliphatic hydroxyl groups is 1. The predicted octanol–water partition coefficient (Wildman–Crippen LogP) is 3.40. The molecule has 4 heteroatoms. The summed E-state index contributed by atoms with van der Waals surface area (Å²) in [6.07, 6.45) is 0.152. The van der Waals surface area contributed by atoms with Gasteiger partial charge in [0.25, 0.3) is 0 Å². The molecule has 118 valence electrons. The van der Waals surface area contributed by atoms with E-state index in [-0.39, 0.29) is 18.5 Å². The van der Waals surface area contributed by atoms with Crippen LogP contribution >= 0.6 is 0 Å². The molecule has 0 saturated heterocycles. The van der Waals surface area contributed by atoms with E-state index in [1.54, 1.807) is 12.1 Å². The number of benzene rings is 2. The zero-order valence-corrected chi connectivity index (χ0v) is 13.0. The van der Waals surface area contributed by atoms with Gasteiger partial charge in [0, 0.05) is 18.7 Å². The van der Waals surface area contributed by atoms with E-state index in [4.69, 9.17) is 9.84 Å². The Labute approximate surface area is 130 Å². The molecule has 0 aliphatic carbocycles. The van der Waals surface area contributed by atoms with Gasteiger partial charge in [0.1, 0.15) is 11.6 Å². The van der Waals surface area contributed by atoms with Crippen LogP contribution in [0.5, 0.6) is 5.75 Å². The fourth-order valence-electron chi connectivity index (χ4n) is 2.21. The van der Waals surface area contributed by atoms with E-state index < -0.39 is 0 Å². The van der Waals surface area contributed by atoms with Crippen LogP contribution in [0.3, 0.4) is 0 Å². The predicted molar refractivity (Wildman–Crippen MR) is 85.1 cm³/mol. The number of hydrogen-bond donors (Lipinski definition) is 2. The SMILES string of the molecule is CC(C)Oc1cccc(CNCc2ccc(F)c(CO)c2)c1. The normalized spacial score (nSPS) is 11.0. The molecule has 2 aromatic rings. The molecule has 0 aliphatic rings. The Bertz CT molecular complexity index is 614. The number of aliphatic hydroxyl groups excluding tert-OH is 1. The first-order valence-corrected chi connectivity index (χ1v) is 7.43. The molecular weight excluding hydrogens is 281 g/mol. The van der Waals surface area contributed by atoms with Gasteiger partial charge in [-0.3, -0.25) is 0 Å². The average Bonchev–Trinajstić information content (AvgIpc) is 2.48. The van der Waals surface area contributed by atoms with Crippen molar-refractivity contribution in [2.24, 2.45) is 0 Å². The molecule has 2 rings (SSSR count). The maximum absolute atomic E-state index is 13.3. The van der Waals surface area contributed by atoms with Gasteiger partial charge in [-0.25, -0.2) is 4.39 Å². The van der Waals surface area contributed by atoms with Crippen LogP contribution in [0.4, 0.5) is 4.39 Å². The van der Waals surface area contributed by atoms with E-state index in [0.717, 1.165) is 16.9 Å². The van der Waals surface area contributed by atoms with Gasteiger partial charge in [-0.15, -0.1) is 0 Å². The van der Waals surface area contributed by atoms with Gasteiger partial charge in [0.2, 0.25) is 0 Å². The van der Waals surface area contributed by atoms with Crippen LogP contribution in [-0.4, -0.2) is 11.2 Å². The quantitative estimate of drug-likeness (QED) is 0.824. The van der Waals surface area contributed by atoms with Gasteiger partial charge in [0.15, 0.2) is 0 Å². The van der Waals surface area contributed by atoms with E-state index in [0.29, 0.717) is 18.7 Å². The summed E-state index contributed by atoms with van der Waals surface area (Å²) in [5.41, 5.74) is 2.40. The molecule has 0 aliphatic heterocycles. The van der Waals surface area contributed by atoms with Gasteiger partial charge in [0.05, 0.1) is 12.7 Å². The topological polar surface area (TPSA) is 41.5 Å². The molecule has 0 radical (unpaired) electrons. The lowest BCUT2D eigenvalue weighted by Gasteiger charge is -2.11. The van der Waals surface area contributed by atoms with Gasteiger partial charge < -0.3 is 15.2 Å². The lowest BCUT2D eigenvalue weighted by Crippen LogP contribution is -2.13. The van der Waals surface area contributed by atoms with Crippen molar-refractivity contribution < 1.29 is 14.2 Å². The molecule has 0 aromatic heterocycles. The van der Waals surface area contributed by atoms with E-state index in [9.17, 15) is 4.39 Å². The second-order valence-corrected chi connectivity index (χ2v) is 5.50. The molecule has 2 aromatic carbocycles. The second kappa shape index (κ2) is 7.92. The Morgan fingerprint density at radius 2 is 1.82 bits per heavy atom. The molecule has 0 bridgehead atoms. The van der Waals surface area contributed by atoms with E-state index in [1.807, 2.05) is 38.1 Å². The summed E-state index contributed by atoms with van der Waals surface area (Å²) in [4.78, 5) is 0. The zero-order valence-electron chi connectivity index (χ0n) is 13.0. The molecule has 0 saturated carbocycles. The maximum atomic E-state index is 13.3. The van der Waals surface area contributed by atoms with Crippen molar-refractivity contribution in [2.45, 2.75) is 39.6 Å². The summed E-state index contributed by atoms with van der Waals surface area (Å²) < 4.78 is 19.0. The van der Waals surface area contributed by atoms with Crippen molar-refractivity contribution in [1.29, 1.82) is 0 Å². The first kappa shape index (κ1) is 16.5. The monoisotopic (exact) mass is 303 g/mol. The molecule has 0 fully saturated rings. The van der Waals surface area contributed by atoms with Crippen molar-refractivity contribution >= 4 is 0 Å². The Morgan fingerprint density at radius 3 is 2.50 bits per heavy atom. The van der Waals surface area contributed by atoms with Crippen LogP contribution < -0.4 is 10.1 Å². The highest BCUT2D eigenvalue weighted by Gasteiger charge is 2.03. The van der Waals surface area contributed by atoms with Crippen LogP contribution in [0.1, 0.15) is 30.5 Å². The van der Waals surface area contributed by atoms with Crippen molar-refractivity contribution in [1.82, 2.24) is 5.32 Å². The fourth-order valence-corrected chi connectivity index (χ4v) is 2.21. The van der Waals surface area contributed by atoms with Crippen LogP contribution in [-0.2, 0) is 19.7 Å². The molecule has 0 spiro atoms. The fraction of sp³-hybridized carbons (Fsp3) is 0.333. The van der Waals surface area contributed by atoms with Gasteiger partial charge >= 0.3 is 0 Å². The van der Waals surface area contributed by atoms with Crippen LogP contribution in [0.15, 0.2) is 42.5 Å². The third kappa shape index (κ3) is 4.83. The van der Waals surface area contributed by atoms with E-state index in [2.05, 4.69) is 5.32 Å². The Balaban J connectivity index is 1.91. The minimum Gasteiger partial charge on any atom is -0.491 e. The number of nitrogens with one attached hydrogen (secondary N) is 1. The summed E-state index contributed by atoms with van der Waals surface area (Å²) in [5.74, 6) is 0.489. The summed E-state index contributed by atoms with van der Waals surface area (Å²) in [6.45, 7) is 5.02. The molecular formula is C18H22FNO2. The summed E-state index contributed by atoms with van der Waals surface area (Å²) in [6, 6.07) is 12.7. The minimum absolute atomic E-state index is 0.152. The standard InChI is InChI=1S/C18H22FNO2/c1-13(2)22-17-5-3-4-14(9-17)10-20-11-15-6-7-18(19)16(8-15)12-21/h3-9,13,20-21H,10-12H2,1-2H3. The molecule has 3 nitrogen and oxygen atoms in total. The Kier molecular flexibility index (Phi) is 5.92. The molecule has 2 N–H and O–H groups in total. The second-order valence-electron chi connectivity index (χ2n) is 5.50. The average molecular weight is 303 g/mol. The Morgan fingerprint density at radius 1 is 1.09 bits per heavy atom. The molecule has 0 heterocycles. The van der Waals surface area contributed by atoms with Gasteiger partial charge in [-0.2, -0.15) is 0 Å². The van der Waals surface area contributed by atoms with Crippen LogP contribution in [0.25, 0.3) is 0 Å². The third-order valence-electron chi connectivity index (χ3n) is 3.21. The highest BCUT2D eigenvalue weighted by atomic mass is 19.1. The Hall–Kier alpha value is -1.91. The molecule has 22 heavy (non-hydrogen) atoms. The van der Waals surface area contributed by atoms with Crippen LogP contribution in [0.2, 0.25) is 0 Å². The smallest absolute Gasteiger partial charge is 0.128 e.